The van der Waals surface area contributed by atoms with Crippen LogP contribution in [0.25, 0.3) is 0 Å². The molecule has 1 fully saturated rings. The summed E-state index contributed by atoms with van der Waals surface area (Å²) in [6.45, 7) is 2.07. The smallest absolute Gasteiger partial charge is 0.870 e. The quantitative estimate of drug-likeness (QED) is 0.470. The standard InChI is InChI=1S/C18H22N3OS.K.H2O/c1-20(23(22)18-12-6-3-9-15(18)19)16-10-4-5-11-17(16)21-13-7-2-8-14-21;;/h3-6,9-12H,1-2,7-8,13-14,19H2;;1H2/q-1;+1;/p-1. The van der Waals surface area contributed by atoms with Gasteiger partial charge in [-0.05, 0) is 43.5 Å². The average molecular weight is 385 g/mol. The van der Waals surface area contributed by atoms with Crippen LogP contribution in [-0.4, -0.2) is 22.8 Å². The van der Waals surface area contributed by atoms with Crippen LogP contribution in [0, 0.1) is 7.05 Å². The second-order valence-electron chi connectivity index (χ2n) is 5.70. The summed E-state index contributed by atoms with van der Waals surface area (Å²) in [6, 6.07) is 15.2. The molecule has 5 nitrogen and oxygen atoms in total. The number of nitrogens with two attached hydrogens (primary N) is 1. The Hall–Kier alpha value is -0.414. The van der Waals surface area contributed by atoms with E-state index < -0.39 is 11.0 Å². The van der Waals surface area contributed by atoms with Gasteiger partial charge in [-0.15, -0.1) is 0 Å². The molecule has 0 aliphatic carbocycles. The zero-order valence-corrected chi connectivity index (χ0v) is 18.5. The molecule has 3 N–H and O–H groups in total. The minimum absolute atomic E-state index is 0. The van der Waals surface area contributed by atoms with Gasteiger partial charge in [0.25, 0.3) is 0 Å². The summed E-state index contributed by atoms with van der Waals surface area (Å²) in [5, 5.41) is 0. The molecule has 1 heterocycles. The Kier molecular flexibility index (Phi) is 9.65. The molecule has 25 heavy (non-hydrogen) atoms. The molecular weight excluding hydrogens is 361 g/mol. The molecule has 1 aliphatic heterocycles. The average Bonchev–Trinajstić information content (AvgIpc) is 2.62. The van der Waals surface area contributed by atoms with E-state index in [0.29, 0.717) is 10.6 Å². The van der Waals surface area contributed by atoms with Gasteiger partial charge in [-0.2, -0.15) is 0 Å². The van der Waals surface area contributed by atoms with Crippen LogP contribution < -0.4 is 66.3 Å². The number of nitrogen functional groups attached to an aromatic ring is 1. The van der Waals surface area contributed by atoms with Crippen LogP contribution >= 0.6 is 0 Å². The molecule has 2 aromatic rings. The second kappa shape index (κ2) is 10.7. The van der Waals surface area contributed by atoms with Crippen LogP contribution in [0.1, 0.15) is 19.3 Å². The van der Waals surface area contributed by atoms with E-state index in [0.717, 1.165) is 24.5 Å². The molecule has 1 aliphatic rings. The summed E-state index contributed by atoms with van der Waals surface area (Å²) in [4.78, 5) is 2.94. The molecule has 1 unspecified atom stereocenters. The van der Waals surface area contributed by atoms with E-state index in [-0.39, 0.29) is 56.9 Å². The van der Waals surface area contributed by atoms with Crippen LogP contribution in [0.5, 0.6) is 0 Å². The predicted octanol–water partition coefficient (Wildman–Crippen LogP) is 0.407. The van der Waals surface area contributed by atoms with Gasteiger partial charge in [0.05, 0.1) is 10.6 Å². The Balaban J connectivity index is 0.00000156. The Bertz CT molecular complexity index is 708. The van der Waals surface area contributed by atoms with Gasteiger partial charge in [0.15, 0.2) is 0 Å². The van der Waals surface area contributed by atoms with E-state index in [2.05, 4.69) is 18.0 Å². The van der Waals surface area contributed by atoms with Gasteiger partial charge in [-0.3, -0.25) is 0 Å². The summed E-state index contributed by atoms with van der Waals surface area (Å²) < 4.78 is 14.4. The number of hydrogen-bond donors (Lipinski definition) is 1. The number of piperidine rings is 1. The Morgan fingerprint density at radius 3 is 2.28 bits per heavy atom. The number of hydrogen-bond acceptors (Lipinski definition) is 4. The number of rotatable bonds is 4. The Labute approximate surface area is 194 Å². The molecule has 0 aromatic heterocycles. The molecule has 0 saturated carbocycles. The van der Waals surface area contributed by atoms with Crippen LogP contribution in [0.15, 0.2) is 53.4 Å². The van der Waals surface area contributed by atoms with E-state index in [9.17, 15) is 4.21 Å². The van der Waals surface area contributed by atoms with Crippen molar-refractivity contribution in [3.8, 4) is 0 Å². The SMILES string of the molecule is [CH2-]N(c1ccccc1N1CCCCC1)S(=O)c1ccccc1N.[K+].[OH-]. The fourth-order valence-corrected chi connectivity index (χ4v) is 3.96. The maximum Gasteiger partial charge on any atom is 1.00 e. The molecular formula is C18H23KN3O2S-. The van der Waals surface area contributed by atoms with Crippen LogP contribution in [-0.2, 0) is 11.0 Å². The van der Waals surface area contributed by atoms with E-state index in [1.165, 1.54) is 19.3 Å². The van der Waals surface area contributed by atoms with Gasteiger partial charge in [0.2, 0.25) is 0 Å². The normalized spacial score (nSPS) is 14.8. The van der Waals surface area contributed by atoms with E-state index in [1.807, 2.05) is 30.3 Å². The van der Waals surface area contributed by atoms with Crippen molar-refractivity contribution in [3.05, 3.63) is 55.6 Å². The molecule has 3 rings (SSSR count). The van der Waals surface area contributed by atoms with Crippen molar-refractivity contribution >= 4 is 28.0 Å². The molecule has 2 aromatic carbocycles. The minimum Gasteiger partial charge on any atom is -0.870 e. The maximum absolute atomic E-state index is 12.9. The van der Waals surface area contributed by atoms with E-state index >= 15 is 0 Å². The number of nitrogens with zero attached hydrogens (tertiary/aromatic N) is 2. The van der Waals surface area contributed by atoms with Crippen molar-refractivity contribution in [1.82, 2.24) is 0 Å². The van der Waals surface area contributed by atoms with Crippen molar-refractivity contribution in [2.45, 2.75) is 24.2 Å². The molecule has 1 saturated heterocycles. The third kappa shape index (κ3) is 5.29. The summed E-state index contributed by atoms with van der Waals surface area (Å²) in [5.41, 5.74) is 8.44. The first kappa shape index (κ1) is 22.6. The minimum atomic E-state index is -1.43. The number of benzene rings is 2. The number of para-hydroxylation sites is 3. The van der Waals surface area contributed by atoms with Crippen molar-refractivity contribution in [2.75, 3.05) is 28.0 Å². The first-order valence-corrected chi connectivity index (χ1v) is 9.00. The summed E-state index contributed by atoms with van der Waals surface area (Å²) in [7, 11) is 2.60. The van der Waals surface area contributed by atoms with Gasteiger partial charge >= 0.3 is 51.4 Å². The first-order chi connectivity index (χ1) is 11.2. The first-order valence-electron chi connectivity index (χ1n) is 7.89. The van der Waals surface area contributed by atoms with Crippen LogP contribution in [0.4, 0.5) is 17.1 Å². The molecule has 0 spiro atoms. The summed E-state index contributed by atoms with van der Waals surface area (Å²) >= 11 is 0. The Morgan fingerprint density at radius 1 is 1.00 bits per heavy atom. The number of anilines is 3. The van der Waals surface area contributed by atoms with Gasteiger partial charge in [-0.25, -0.2) is 11.3 Å². The maximum atomic E-state index is 12.9. The molecule has 130 valence electrons. The molecule has 1 atom stereocenters. The Morgan fingerprint density at radius 2 is 1.60 bits per heavy atom. The fraction of sp³-hybridized carbons (Fsp3) is 0.278. The summed E-state index contributed by atoms with van der Waals surface area (Å²) in [6.07, 6.45) is 3.67. The van der Waals surface area contributed by atoms with Crippen LogP contribution in [0.3, 0.4) is 0 Å². The van der Waals surface area contributed by atoms with Crippen molar-refractivity contribution in [2.24, 2.45) is 0 Å². The third-order valence-corrected chi connectivity index (χ3v) is 5.50. The van der Waals surface area contributed by atoms with E-state index in [1.54, 1.807) is 16.4 Å². The van der Waals surface area contributed by atoms with Gasteiger partial charge in [0.1, 0.15) is 11.0 Å². The van der Waals surface area contributed by atoms with E-state index in [4.69, 9.17) is 5.73 Å². The van der Waals surface area contributed by atoms with Gasteiger partial charge in [0, 0.05) is 24.5 Å². The molecule has 0 amide bonds. The zero-order chi connectivity index (χ0) is 16.2. The zero-order valence-electron chi connectivity index (χ0n) is 14.6. The molecule has 0 radical (unpaired) electrons. The summed E-state index contributed by atoms with van der Waals surface area (Å²) in [5.74, 6) is 0. The van der Waals surface area contributed by atoms with Crippen molar-refractivity contribution in [3.63, 3.8) is 0 Å². The van der Waals surface area contributed by atoms with Crippen molar-refractivity contribution < 1.29 is 61.1 Å². The second-order valence-corrected chi connectivity index (χ2v) is 7.08. The largest absolute Gasteiger partial charge is 1.00 e. The van der Waals surface area contributed by atoms with Gasteiger partial charge in [-0.1, -0.05) is 24.3 Å². The van der Waals surface area contributed by atoms with Gasteiger partial charge < -0.3 is 20.4 Å². The van der Waals surface area contributed by atoms with Crippen LogP contribution in [0.2, 0.25) is 0 Å². The van der Waals surface area contributed by atoms with Crippen molar-refractivity contribution in [1.29, 1.82) is 0 Å². The molecule has 0 bridgehead atoms. The fourth-order valence-electron chi connectivity index (χ4n) is 2.92. The topological polar surface area (TPSA) is 79.6 Å². The third-order valence-electron chi connectivity index (χ3n) is 4.15. The monoisotopic (exact) mass is 384 g/mol. The molecule has 7 heteroatoms. The predicted molar refractivity (Wildman–Crippen MR) is 99.5 cm³/mol.